The van der Waals surface area contributed by atoms with Gasteiger partial charge in [0, 0.05) is 24.4 Å². The van der Waals surface area contributed by atoms with Gasteiger partial charge >= 0.3 is 6.16 Å². The number of hydrogen-bond acceptors (Lipinski definition) is 9. The van der Waals surface area contributed by atoms with E-state index in [9.17, 15) is 18.8 Å². The van der Waals surface area contributed by atoms with Crippen LogP contribution in [0.2, 0.25) is 0 Å². The SMILES string of the molecule is CCOC(=O)Oc1c2n(ccc1=O)N(C1c3ccccc3-c3scnc3-c3c1ccc(F)c3F)C1COCCN1C2=O. The summed E-state index contributed by atoms with van der Waals surface area (Å²) >= 11 is 1.31. The van der Waals surface area contributed by atoms with Crippen molar-refractivity contribution >= 4 is 23.4 Å². The van der Waals surface area contributed by atoms with Gasteiger partial charge in [0.2, 0.25) is 11.2 Å². The van der Waals surface area contributed by atoms with Crippen molar-refractivity contribution < 1.29 is 32.6 Å². The first-order valence-corrected chi connectivity index (χ1v) is 14.1. The molecule has 0 N–H and O–H groups in total. The zero-order valence-corrected chi connectivity index (χ0v) is 22.9. The Hall–Kier alpha value is -4.62. The molecule has 2 unspecified atom stereocenters. The van der Waals surface area contributed by atoms with Crippen LogP contribution in [-0.2, 0) is 9.47 Å². The van der Waals surface area contributed by atoms with E-state index < -0.39 is 47.1 Å². The Bertz CT molecular complexity index is 1820. The lowest BCUT2D eigenvalue weighted by Gasteiger charge is -2.51. The van der Waals surface area contributed by atoms with Crippen molar-refractivity contribution in [3.63, 3.8) is 0 Å². The van der Waals surface area contributed by atoms with Gasteiger partial charge in [0.15, 0.2) is 17.3 Å². The van der Waals surface area contributed by atoms with E-state index in [0.717, 1.165) is 17.2 Å². The first kappa shape index (κ1) is 26.3. The number of halogens is 2. The number of carbonyl (C=O) groups excluding carboxylic acids is 2. The quantitative estimate of drug-likeness (QED) is 0.325. The summed E-state index contributed by atoms with van der Waals surface area (Å²) in [7, 11) is 0. The number of ether oxygens (including phenoxy) is 3. The van der Waals surface area contributed by atoms with Crippen LogP contribution in [0.25, 0.3) is 21.7 Å². The number of morpholine rings is 1. The molecule has 3 aliphatic rings. The largest absolute Gasteiger partial charge is 0.514 e. The molecule has 2 aromatic carbocycles. The minimum absolute atomic E-state index is 0.00165. The summed E-state index contributed by atoms with van der Waals surface area (Å²) in [6.07, 6.45) is -0.453. The average molecular weight is 593 g/mol. The summed E-state index contributed by atoms with van der Waals surface area (Å²) in [5, 5.41) is 1.78. The molecular weight excluding hydrogens is 570 g/mol. The van der Waals surface area contributed by atoms with Gasteiger partial charge in [0.05, 0.1) is 41.9 Å². The molecule has 2 aliphatic heterocycles. The predicted molar refractivity (Wildman–Crippen MR) is 147 cm³/mol. The second-order valence-electron chi connectivity index (χ2n) is 9.77. The fraction of sp³-hybridized carbons (Fsp3) is 0.241. The number of amides is 1. The third kappa shape index (κ3) is 3.84. The number of benzene rings is 2. The number of nitrogens with zero attached hydrogens (tertiary/aromatic N) is 4. The molecule has 2 aromatic heterocycles. The summed E-state index contributed by atoms with van der Waals surface area (Å²) in [6.45, 7) is 2.08. The first-order valence-electron chi connectivity index (χ1n) is 13.2. The standard InChI is InChI=1S/C29H22F2N4O6S/c1-2-40-29(38)41-26-19(36)9-10-34-25(26)28(37)33-11-12-39-13-20(33)35(34)24-15-5-3-4-6-16(15)27-23(32-14-42-27)21-17(24)7-8-18(30)22(21)31/h3-10,14,20,24H,2,11-13H2,1H3. The fourth-order valence-corrected chi connectivity index (χ4v) is 6.74. The number of hydrogen-bond donors (Lipinski definition) is 0. The maximum Gasteiger partial charge on any atom is 0.514 e. The van der Waals surface area contributed by atoms with Crippen molar-refractivity contribution in [2.45, 2.75) is 19.1 Å². The molecule has 1 saturated heterocycles. The number of fused-ring (bicyclic) bond motifs is 7. The predicted octanol–water partition coefficient (Wildman–Crippen LogP) is 4.31. The maximum absolute atomic E-state index is 15.8. The summed E-state index contributed by atoms with van der Waals surface area (Å²) in [4.78, 5) is 45.9. The van der Waals surface area contributed by atoms with E-state index in [4.69, 9.17) is 14.2 Å². The number of pyridine rings is 1. The highest BCUT2D eigenvalue weighted by Crippen LogP contribution is 2.50. The van der Waals surface area contributed by atoms with Crippen LogP contribution in [0.5, 0.6) is 5.75 Å². The van der Waals surface area contributed by atoms with Crippen LogP contribution < -0.4 is 15.2 Å². The van der Waals surface area contributed by atoms with E-state index >= 15 is 4.39 Å². The Labute approximate surface area is 241 Å². The number of aromatic nitrogens is 2. The molecule has 2 atom stereocenters. The van der Waals surface area contributed by atoms with E-state index in [-0.39, 0.29) is 37.6 Å². The lowest BCUT2D eigenvalue weighted by Crippen LogP contribution is -2.66. The minimum Gasteiger partial charge on any atom is -0.434 e. The van der Waals surface area contributed by atoms with E-state index in [1.165, 1.54) is 39.2 Å². The highest BCUT2D eigenvalue weighted by atomic mass is 32.1. The molecule has 42 heavy (non-hydrogen) atoms. The van der Waals surface area contributed by atoms with Crippen molar-refractivity contribution in [2.24, 2.45) is 0 Å². The molecule has 1 fully saturated rings. The molecule has 0 spiro atoms. The summed E-state index contributed by atoms with van der Waals surface area (Å²) < 4.78 is 48.0. The van der Waals surface area contributed by atoms with Gasteiger partial charge in [-0.05, 0) is 29.7 Å². The lowest BCUT2D eigenvalue weighted by molar-refractivity contribution is -0.0197. The smallest absolute Gasteiger partial charge is 0.434 e. The Kier molecular flexibility index (Phi) is 6.28. The molecular formula is C29H22F2N4O6S. The van der Waals surface area contributed by atoms with Crippen LogP contribution in [-0.4, -0.2) is 59.2 Å². The molecule has 13 heteroatoms. The second-order valence-corrected chi connectivity index (χ2v) is 10.6. The third-order valence-corrected chi connectivity index (χ3v) is 8.45. The van der Waals surface area contributed by atoms with Crippen molar-refractivity contribution in [2.75, 3.05) is 31.4 Å². The highest BCUT2D eigenvalue weighted by molar-refractivity contribution is 7.13. The third-order valence-electron chi connectivity index (χ3n) is 7.59. The maximum atomic E-state index is 15.8. The molecule has 0 saturated carbocycles. The van der Waals surface area contributed by atoms with E-state index in [0.29, 0.717) is 16.1 Å². The molecule has 4 aromatic rings. The monoisotopic (exact) mass is 592 g/mol. The molecule has 1 amide bonds. The van der Waals surface area contributed by atoms with Crippen LogP contribution in [0, 0.1) is 11.6 Å². The molecule has 4 heterocycles. The van der Waals surface area contributed by atoms with Gasteiger partial charge in [0.25, 0.3) is 5.91 Å². The first-order chi connectivity index (χ1) is 20.4. The Morgan fingerprint density at radius 1 is 1.14 bits per heavy atom. The average Bonchev–Trinajstić information content (AvgIpc) is 3.43. The van der Waals surface area contributed by atoms with Crippen molar-refractivity contribution in [3.05, 3.63) is 92.9 Å². The highest BCUT2D eigenvalue weighted by Gasteiger charge is 2.47. The van der Waals surface area contributed by atoms with Crippen molar-refractivity contribution in [1.29, 1.82) is 0 Å². The molecule has 7 rings (SSSR count). The lowest BCUT2D eigenvalue weighted by atomic mass is 9.92. The van der Waals surface area contributed by atoms with Crippen molar-refractivity contribution in [3.8, 4) is 27.4 Å². The second kappa shape index (κ2) is 10.0. The summed E-state index contributed by atoms with van der Waals surface area (Å²) in [5.74, 6) is -3.12. The van der Waals surface area contributed by atoms with Gasteiger partial charge < -0.3 is 19.1 Å². The fourth-order valence-electron chi connectivity index (χ4n) is 5.89. The number of carbonyl (C=O) groups is 2. The zero-order chi connectivity index (χ0) is 29.1. The van der Waals surface area contributed by atoms with Crippen molar-refractivity contribution in [1.82, 2.24) is 14.6 Å². The number of rotatable bonds is 3. The Morgan fingerprint density at radius 2 is 1.98 bits per heavy atom. The van der Waals surface area contributed by atoms with Gasteiger partial charge in [-0.1, -0.05) is 30.3 Å². The van der Waals surface area contributed by atoms with E-state index in [1.807, 2.05) is 24.3 Å². The van der Waals surface area contributed by atoms with Gasteiger partial charge in [-0.2, -0.15) is 0 Å². The van der Waals surface area contributed by atoms with E-state index in [1.54, 1.807) is 17.4 Å². The van der Waals surface area contributed by atoms with Crippen LogP contribution in [0.3, 0.4) is 0 Å². The minimum atomic E-state index is -1.13. The van der Waals surface area contributed by atoms with E-state index in [2.05, 4.69) is 4.98 Å². The Morgan fingerprint density at radius 3 is 2.81 bits per heavy atom. The Balaban J connectivity index is 1.54. The normalized spacial score (nSPS) is 18.7. The van der Waals surface area contributed by atoms with Crippen LogP contribution in [0.1, 0.15) is 34.6 Å². The van der Waals surface area contributed by atoms with Crippen LogP contribution in [0.4, 0.5) is 13.6 Å². The van der Waals surface area contributed by atoms with Gasteiger partial charge in [0.1, 0.15) is 6.17 Å². The summed E-state index contributed by atoms with van der Waals surface area (Å²) in [5.41, 5.74) is 2.86. The van der Waals surface area contributed by atoms with Gasteiger partial charge in [-0.15, -0.1) is 11.3 Å². The van der Waals surface area contributed by atoms with Crippen LogP contribution in [0.15, 0.2) is 59.0 Å². The van der Waals surface area contributed by atoms with Crippen LogP contribution >= 0.6 is 11.3 Å². The zero-order valence-electron chi connectivity index (χ0n) is 22.1. The molecule has 10 nitrogen and oxygen atoms in total. The molecule has 1 aliphatic carbocycles. The molecule has 0 radical (unpaired) electrons. The van der Waals surface area contributed by atoms with Gasteiger partial charge in [-0.3, -0.25) is 19.3 Å². The summed E-state index contributed by atoms with van der Waals surface area (Å²) in [6, 6.07) is 10.4. The van der Waals surface area contributed by atoms with Gasteiger partial charge in [-0.25, -0.2) is 18.6 Å². The molecule has 0 bridgehead atoms. The number of thiazole rings is 1. The topological polar surface area (TPSA) is 103 Å². The molecule has 214 valence electrons.